The number of carbonyl (C=O) groups is 2. The molecule has 0 saturated carbocycles. The highest BCUT2D eigenvalue weighted by atomic mass is 32.2. The molecule has 0 bridgehead atoms. The van der Waals surface area contributed by atoms with Crippen LogP contribution in [0.4, 0.5) is 10.1 Å². The lowest BCUT2D eigenvalue weighted by atomic mass is 10.1. The van der Waals surface area contributed by atoms with Gasteiger partial charge in [0.25, 0.3) is 5.56 Å². The van der Waals surface area contributed by atoms with Crippen molar-refractivity contribution in [3.8, 4) is 22.6 Å². The van der Waals surface area contributed by atoms with E-state index in [1.165, 1.54) is 44.7 Å². The molecular weight excluding hydrogens is 563 g/mol. The lowest BCUT2D eigenvalue weighted by Gasteiger charge is -2.09. The number of nitrogens with zero attached hydrogens (tertiary/aromatic N) is 3. The Labute approximate surface area is 244 Å². The minimum atomic E-state index is -0.335. The van der Waals surface area contributed by atoms with E-state index in [0.717, 1.165) is 23.3 Å². The first-order chi connectivity index (χ1) is 19.7. The summed E-state index contributed by atoms with van der Waals surface area (Å²) in [4.78, 5) is 41.7. The van der Waals surface area contributed by atoms with E-state index in [4.69, 9.17) is 4.74 Å². The molecule has 0 spiro atoms. The monoisotopic (exact) mass is 590 g/mol. The third kappa shape index (κ3) is 7.80. The zero-order chi connectivity index (χ0) is 29.4. The molecule has 0 atom stereocenters. The van der Waals surface area contributed by atoms with Gasteiger partial charge in [-0.3, -0.25) is 19.0 Å². The highest BCUT2D eigenvalue weighted by Gasteiger charge is 2.17. The Hall–Kier alpha value is -4.48. The Morgan fingerprint density at radius 2 is 1.68 bits per heavy atom. The summed E-state index contributed by atoms with van der Waals surface area (Å²) in [5.41, 5.74) is 1.90. The van der Waals surface area contributed by atoms with Crippen LogP contribution in [-0.4, -0.2) is 46.6 Å². The van der Waals surface area contributed by atoms with Gasteiger partial charge in [0.2, 0.25) is 12.3 Å². The molecule has 2 amide bonds. The van der Waals surface area contributed by atoms with Gasteiger partial charge in [-0.25, -0.2) is 9.37 Å². The largest absolute Gasteiger partial charge is 0.457 e. The molecule has 0 aliphatic carbocycles. The molecule has 3 aromatic carbocycles. The van der Waals surface area contributed by atoms with Crippen LogP contribution in [0.15, 0.2) is 94.2 Å². The summed E-state index contributed by atoms with van der Waals surface area (Å²) in [7, 11) is 5.01. The van der Waals surface area contributed by atoms with E-state index in [2.05, 4.69) is 10.3 Å². The number of rotatable bonds is 8. The molecule has 0 unspecified atom stereocenters. The number of nitrogens with one attached hydrogen (secondary N) is 1. The maximum Gasteiger partial charge on any atom is 0.263 e. The fraction of sp³-hybridized carbons (Fsp3) is 0.133. The van der Waals surface area contributed by atoms with Crippen LogP contribution in [0.3, 0.4) is 0 Å². The zero-order valence-electron chi connectivity index (χ0n) is 22.5. The average molecular weight is 591 g/mol. The van der Waals surface area contributed by atoms with E-state index in [9.17, 15) is 18.8 Å². The van der Waals surface area contributed by atoms with Crippen molar-refractivity contribution in [2.45, 2.75) is 5.16 Å². The van der Waals surface area contributed by atoms with Gasteiger partial charge < -0.3 is 15.0 Å². The number of hydrogen-bond donors (Lipinski definition) is 1. The van der Waals surface area contributed by atoms with Crippen molar-refractivity contribution >= 4 is 51.3 Å². The topological polar surface area (TPSA) is 93.5 Å². The zero-order valence-corrected chi connectivity index (χ0v) is 24.2. The molecule has 2 heterocycles. The molecule has 1 N–H and O–H groups in total. The summed E-state index contributed by atoms with van der Waals surface area (Å²) >= 11 is 2.53. The van der Waals surface area contributed by atoms with E-state index in [-0.39, 0.29) is 23.0 Å². The molecule has 0 aliphatic rings. The van der Waals surface area contributed by atoms with Gasteiger partial charge in [-0.1, -0.05) is 42.1 Å². The number of halogens is 1. The first-order valence-electron chi connectivity index (χ1n) is 12.4. The Balaban J connectivity index is 0.000000714. The van der Waals surface area contributed by atoms with Crippen LogP contribution in [0.5, 0.6) is 11.5 Å². The minimum Gasteiger partial charge on any atom is -0.457 e. The Morgan fingerprint density at radius 1 is 1.05 bits per heavy atom. The van der Waals surface area contributed by atoms with Gasteiger partial charge in [0.1, 0.15) is 22.1 Å². The van der Waals surface area contributed by atoms with Crippen LogP contribution >= 0.6 is 23.1 Å². The van der Waals surface area contributed by atoms with Gasteiger partial charge in [0.05, 0.1) is 11.1 Å². The second-order valence-electron chi connectivity index (χ2n) is 8.94. The second kappa shape index (κ2) is 13.7. The van der Waals surface area contributed by atoms with Gasteiger partial charge in [0.15, 0.2) is 5.16 Å². The fourth-order valence-corrected chi connectivity index (χ4v) is 5.34. The molecule has 5 rings (SSSR count). The summed E-state index contributed by atoms with van der Waals surface area (Å²) in [6.45, 7) is 0. The van der Waals surface area contributed by atoms with Gasteiger partial charge in [-0.2, -0.15) is 0 Å². The number of thioether (sulfide) groups is 1. The molecule has 0 aliphatic heterocycles. The summed E-state index contributed by atoms with van der Waals surface area (Å²) in [5, 5.41) is 5.62. The predicted molar refractivity (Wildman–Crippen MR) is 162 cm³/mol. The number of ether oxygens (including phenoxy) is 1. The number of thiophene rings is 1. The van der Waals surface area contributed by atoms with E-state index in [1.807, 2.05) is 35.7 Å². The molecule has 0 fully saturated rings. The molecule has 5 aromatic rings. The molecule has 210 valence electrons. The standard InChI is InChI=1S/C27H20FN3O3S2.C3H7NO/c1-31-26(33)24-22(17-7-9-18(28)10-8-17)15-35-25(24)30-27(31)36-16-23(32)29-19-11-13-21(14-12-19)34-20-5-3-2-4-6-20;1-4(2)3-5/h2-15H,16H2,1H3,(H,29,32);3H,1-2H3. The summed E-state index contributed by atoms with van der Waals surface area (Å²) in [6.07, 6.45) is 0.750. The number of anilines is 1. The highest BCUT2D eigenvalue weighted by Crippen LogP contribution is 2.32. The van der Waals surface area contributed by atoms with Crippen molar-refractivity contribution in [2.75, 3.05) is 25.2 Å². The average Bonchev–Trinajstić information content (AvgIpc) is 3.40. The Kier molecular flexibility index (Phi) is 9.88. The van der Waals surface area contributed by atoms with Gasteiger partial charge in [-0.15, -0.1) is 11.3 Å². The van der Waals surface area contributed by atoms with Crippen molar-refractivity contribution < 1.29 is 18.7 Å². The van der Waals surface area contributed by atoms with E-state index < -0.39 is 0 Å². The SMILES string of the molecule is CN(C)C=O.Cn1c(SCC(=O)Nc2ccc(Oc3ccccc3)cc2)nc2scc(-c3ccc(F)cc3)c2c1=O. The Morgan fingerprint density at radius 3 is 2.32 bits per heavy atom. The maximum atomic E-state index is 13.3. The van der Waals surface area contributed by atoms with Gasteiger partial charge >= 0.3 is 0 Å². The maximum absolute atomic E-state index is 13.3. The van der Waals surface area contributed by atoms with Gasteiger partial charge in [-0.05, 0) is 54.1 Å². The van der Waals surface area contributed by atoms with E-state index in [0.29, 0.717) is 26.8 Å². The predicted octanol–water partition coefficient (Wildman–Crippen LogP) is 6.03. The van der Waals surface area contributed by atoms with Crippen molar-refractivity contribution in [3.05, 3.63) is 100 Å². The molecule has 41 heavy (non-hydrogen) atoms. The van der Waals surface area contributed by atoms with E-state index in [1.54, 1.807) is 57.5 Å². The highest BCUT2D eigenvalue weighted by molar-refractivity contribution is 7.99. The molecular formula is C30H27FN4O4S2. The molecule has 0 radical (unpaired) electrons. The number of para-hydroxylation sites is 1. The third-order valence-electron chi connectivity index (χ3n) is 5.59. The number of aromatic nitrogens is 2. The normalized spacial score (nSPS) is 10.4. The number of amides is 2. The third-order valence-corrected chi connectivity index (χ3v) is 7.49. The first-order valence-corrected chi connectivity index (χ1v) is 14.2. The minimum absolute atomic E-state index is 0.0875. The van der Waals surface area contributed by atoms with Crippen LogP contribution in [0, 0.1) is 5.82 Å². The fourth-order valence-electron chi connectivity index (χ4n) is 3.58. The summed E-state index contributed by atoms with van der Waals surface area (Å²) < 4.78 is 20.5. The van der Waals surface area contributed by atoms with Crippen LogP contribution in [0.2, 0.25) is 0 Å². The van der Waals surface area contributed by atoms with Crippen molar-refractivity contribution in [1.29, 1.82) is 0 Å². The van der Waals surface area contributed by atoms with Crippen LogP contribution in [-0.2, 0) is 16.6 Å². The molecule has 8 nitrogen and oxygen atoms in total. The van der Waals surface area contributed by atoms with Crippen LogP contribution in [0.1, 0.15) is 0 Å². The van der Waals surface area contributed by atoms with Crippen molar-refractivity contribution in [3.63, 3.8) is 0 Å². The number of carbonyl (C=O) groups excluding carboxylic acids is 2. The lowest BCUT2D eigenvalue weighted by molar-refractivity contribution is -0.116. The molecule has 0 saturated heterocycles. The number of benzene rings is 3. The molecule has 2 aromatic heterocycles. The van der Waals surface area contributed by atoms with Crippen molar-refractivity contribution in [1.82, 2.24) is 14.5 Å². The smallest absolute Gasteiger partial charge is 0.263 e. The summed E-state index contributed by atoms with van der Waals surface area (Å²) in [5.74, 6) is 0.930. The van der Waals surface area contributed by atoms with Gasteiger partial charge in [0, 0.05) is 37.8 Å². The van der Waals surface area contributed by atoms with Crippen molar-refractivity contribution in [2.24, 2.45) is 7.05 Å². The van der Waals surface area contributed by atoms with Crippen LogP contribution in [0.25, 0.3) is 21.3 Å². The van der Waals surface area contributed by atoms with Crippen LogP contribution < -0.4 is 15.6 Å². The number of hydrogen-bond acceptors (Lipinski definition) is 7. The molecule has 11 heteroatoms. The first kappa shape index (κ1) is 29.5. The summed E-state index contributed by atoms with van der Waals surface area (Å²) in [6, 6.07) is 22.6. The second-order valence-corrected chi connectivity index (χ2v) is 10.7. The number of fused-ring (bicyclic) bond motifs is 1. The quantitative estimate of drug-likeness (QED) is 0.135. The Bertz CT molecular complexity index is 1690. The lowest BCUT2D eigenvalue weighted by Crippen LogP contribution is -2.21. The van der Waals surface area contributed by atoms with E-state index >= 15 is 0 Å².